The lowest BCUT2D eigenvalue weighted by atomic mass is 10.1. The first-order valence-electron chi connectivity index (χ1n) is 6.43. The fourth-order valence-corrected chi connectivity index (χ4v) is 2.30. The van der Waals surface area contributed by atoms with Gasteiger partial charge in [0, 0.05) is 18.8 Å². The van der Waals surface area contributed by atoms with E-state index in [4.69, 9.17) is 9.72 Å². The van der Waals surface area contributed by atoms with Crippen molar-refractivity contribution in [3.63, 3.8) is 0 Å². The Bertz CT molecular complexity index is 368. The third-order valence-electron chi connectivity index (χ3n) is 3.09. The van der Waals surface area contributed by atoms with Crippen molar-refractivity contribution in [2.75, 3.05) is 18.0 Å². The summed E-state index contributed by atoms with van der Waals surface area (Å²) in [6.07, 6.45) is 0.562. The fourth-order valence-electron chi connectivity index (χ4n) is 2.30. The predicted octanol–water partition coefficient (Wildman–Crippen LogP) is 2.82. The zero-order chi connectivity index (χ0) is 12.4. The Hall–Kier alpha value is -1.09. The third-order valence-corrected chi connectivity index (χ3v) is 3.09. The van der Waals surface area contributed by atoms with E-state index in [0.29, 0.717) is 5.92 Å². The Kier molecular flexibility index (Phi) is 3.67. The van der Waals surface area contributed by atoms with Crippen LogP contribution in [-0.4, -0.2) is 30.3 Å². The minimum atomic E-state index is 0.281. The van der Waals surface area contributed by atoms with Crippen molar-refractivity contribution in [2.45, 2.75) is 45.8 Å². The van der Waals surface area contributed by atoms with Crippen LogP contribution < -0.4 is 4.90 Å². The number of morpholine rings is 1. The van der Waals surface area contributed by atoms with Gasteiger partial charge >= 0.3 is 0 Å². The van der Waals surface area contributed by atoms with Crippen molar-refractivity contribution in [1.82, 2.24) is 4.98 Å². The molecule has 1 saturated heterocycles. The van der Waals surface area contributed by atoms with E-state index < -0.39 is 0 Å². The summed E-state index contributed by atoms with van der Waals surface area (Å²) in [7, 11) is 0. The third kappa shape index (κ3) is 2.97. The van der Waals surface area contributed by atoms with Crippen LogP contribution in [0.2, 0.25) is 0 Å². The monoisotopic (exact) mass is 234 g/mol. The molecule has 0 aliphatic carbocycles. The van der Waals surface area contributed by atoms with Gasteiger partial charge in [0.1, 0.15) is 5.82 Å². The highest BCUT2D eigenvalue weighted by Crippen LogP contribution is 2.20. The van der Waals surface area contributed by atoms with Gasteiger partial charge in [0.25, 0.3) is 0 Å². The van der Waals surface area contributed by atoms with Crippen LogP contribution in [0.4, 0.5) is 5.82 Å². The Morgan fingerprint density at radius 2 is 1.88 bits per heavy atom. The van der Waals surface area contributed by atoms with E-state index in [9.17, 15) is 0 Å². The summed E-state index contributed by atoms with van der Waals surface area (Å²) in [6, 6.07) is 6.29. The van der Waals surface area contributed by atoms with Crippen LogP contribution in [0.3, 0.4) is 0 Å². The van der Waals surface area contributed by atoms with Gasteiger partial charge in [-0.1, -0.05) is 19.9 Å². The number of rotatable bonds is 2. The molecule has 1 aromatic heterocycles. The van der Waals surface area contributed by atoms with Crippen molar-refractivity contribution in [2.24, 2.45) is 0 Å². The Labute approximate surface area is 104 Å². The van der Waals surface area contributed by atoms with Crippen molar-refractivity contribution < 1.29 is 4.74 Å². The summed E-state index contributed by atoms with van der Waals surface area (Å²) in [6.45, 7) is 10.5. The van der Waals surface area contributed by atoms with Crippen LogP contribution in [-0.2, 0) is 4.74 Å². The van der Waals surface area contributed by atoms with Gasteiger partial charge < -0.3 is 9.64 Å². The topological polar surface area (TPSA) is 25.4 Å². The number of hydrogen-bond acceptors (Lipinski definition) is 3. The van der Waals surface area contributed by atoms with E-state index in [1.165, 1.54) is 0 Å². The van der Waals surface area contributed by atoms with Gasteiger partial charge in [-0.3, -0.25) is 0 Å². The molecular formula is C14H22N2O. The first kappa shape index (κ1) is 12.4. The van der Waals surface area contributed by atoms with Gasteiger partial charge in [-0.25, -0.2) is 4.98 Å². The average Bonchev–Trinajstić information content (AvgIpc) is 2.28. The molecule has 3 nitrogen and oxygen atoms in total. The lowest BCUT2D eigenvalue weighted by Gasteiger charge is -2.36. The first-order chi connectivity index (χ1) is 8.06. The number of nitrogens with zero attached hydrogens (tertiary/aromatic N) is 2. The van der Waals surface area contributed by atoms with E-state index in [0.717, 1.165) is 24.6 Å². The van der Waals surface area contributed by atoms with Gasteiger partial charge in [-0.15, -0.1) is 0 Å². The number of hydrogen-bond donors (Lipinski definition) is 0. The molecule has 2 atom stereocenters. The standard InChI is InChI=1S/C14H22N2O/c1-10(2)13-6-5-7-14(15-13)16-8-11(3)17-12(4)9-16/h5-7,10-12H,8-9H2,1-4H3/t11-,12+. The molecule has 3 heteroatoms. The quantitative estimate of drug-likeness (QED) is 0.787. The van der Waals surface area contributed by atoms with Gasteiger partial charge in [0.2, 0.25) is 0 Å². The van der Waals surface area contributed by atoms with E-state index in [-0.39, 0.29) is 12.2 Å². The molecule has 0 spiro atoms. The largest absolute Gasteiger partial charge is 0.372 e. The average molecular weight is 234 g/mol. The second-order valence-electron chi connectivity index (χ2n) is 5.24. The minimum absolute atomic E-state index is 0.281. The smallest absolute Gasteiger partial charge is 0.128 e. The highest BCUT2D eigenvalue weighted by molar-refractivity contribution is 5.40. The van der Waals surface area contributed by atoms with Crippen LogP contribution in [0.5, 0.6) is 0 Å². The van der Waals surface area contributed by atoms with Crippen LogP contribution in [0, 0.1) is 0 Å². The SMILES string of the molecule is CC(C)c1cccc(N2C[C@@H](C)O[C@@H](C)C2)n1. The number of pyridine rings is 1. The molecule has 0 unspecified atom stereocenters. The van der Waals surface area contributed by atoms with E-state index in [1.807, 2.05) is 0 Å². The molecule has 0 aromatic carbocycles. The van der Waals surface area contributed by atoms with Crippen LogP contribution in [0.15, 0.2) is 18.2 Å². The van der Waals surface area contributed by atoms with Crippen LogP contribution in [0.25, 0.3) is 0 Å². The normalized spacial score (nSPS) is 25.4. The van der Waals surface area contributed by atoms with Gasteiger partial charge in [0.15, 0.2) is 0 Å². The zero-order valence-electron chi connectivity index (χ0n) is 11.2. The fraction of sp³-hybridized carbons (Fsp3) is 0.643. The molecule has 17 heavy (non-hydrogen) atoms. The molecular weight excluding hydrogens is 212 g/mol. The zero-order valence-corrected chi connectivity index (χ0v) is 11.2. The summed E-state index contributed by atoms with van der Waals surface area (Å²) in [5.41, 5.74) is 1.16. The maximum atomic E-state index is 5.75. The molecule has 0 amide bonds. The summed E-state index contributed by atoms with van der Waals surface area (Å²) in [4.78, 5) is 7.06. The highest BCUT2D eigenvalue weighted by atomic mass is 16.5. The molecule has 1 fully saturated rings. The molecule has 0 radical (unpaired) electrons. The van der Waals surface area contributed by atoms with E-state index in [1.54, 1.807) is 0 Å². The lowest BCUT2D eigenvalue weighted by Crippen LogP contribution is -2.45. The van der Waals surface area contributed by atoms with E-state index in [2.05, 4.69) is 50.8 Å². The van der Waals surface area contributed by atoms with Crippen LogP contribution >= 0.6 is 0 Å². The van der Waals surface area contributed by atoms with Crippen molar-refractivity contribution in [3.05, 3.63) is 23.9 Å². The summed E-state index contributed by atoms with van der Waals surface area (Å²) >= 11 is 0. The summed E-state index contributed by atoms with van der Waals surface area (Å²) in [5.74, 6) is 1.56. The molecule has 94 valence electrons. The second-order valence-corrected chi connectivity index (χ2v) is 5.24. The van der Waals surface area contributed by atoms with Gasteiger partial charge in [-0.05, 0) is 31.9 Å². The molecule has 1 aliphatic heterocycles. The predicted molar refractivity (Wildman–Crippen MR) is 70.5 cm³/mol. The second kappa shape index (κ2) is 5.05. The highest BCUT2D eigenvalue weighted by Gasteiger charge is 2.23. The minimum Gasteiger partial charge on any atom is -0.372 e. The molecule has 0 N–H and O–H groups in total. The van der Waals surface area contributed by atoms with Crippen molar-refractivity contribution in [1.29, 1.82) is 0 Å². The molecule has 1 aromatic rings. The molecule has 1 aliphatic rings. The Morgan fingerprint density at radius 3 is 2.47 bits per heavy atom. The maximum absolute atomic E-state index is 5.75. The number of aromatic nitrogens is 1. The number of ether oxygens (including phenoxy) is 1. The Morgan fingerprint density at radius 1 is 1.24 bits per heavy atom. The van der Waals surface area contributed by atoms with E-state index >= 15 is 0 Å². The molecule has 0 bridgehead atoms. The summed E-state index contributed by atoms with van der Waals surface area (Å²) in [5, 5.41) is 0. The maximum Gasteiger partial charge on any atom is 0.128 e. The number of anilines is 1. The molecule has 2 heterocycles. The molecule has 2 rings (SSSR count). The van der Waals surface area contributed by atoms with Crippen molar-refractivity contribution in [3.8, 4) is 0 Å². The van der Waals surface area contributed by atoms with Crippen molar-refractivity contribution >= 4 is 5.82 Å². The molecule has 0 saturated carbocycles. The summed E-state index contributed by atoms with van der Waals surface area (Å²) < 4.78 is 5.75. The van der Waals surface area contributed by atoms with Crippen LogP contribution in [0.1, 0.15) is 39.3 Å². The van der Waals surface area contributed by atoms with Gasteiger partial charge in [-0.2, -0.15) is 0 Å². The Balaban J connectivity index is 2.18. The first-order valence-corrected chi connectivity index (χ1v) is 6.43. The van der Waals surface area contributed by atoms with Gasteiger partial charge in [0.05, 0.1) is 12.2 Å². The lowest BCUT2D eigenvalue weighted by molar-refractivity contribution is -0.00546.